The summed E-state index contributed by atoms with van der Waals surface area (Å²) in [7, 11) is 0. The van der Waals surface area contributed by atoms with E-state index in [4.69, 9.17) is 0 Å². The Kier molecular flexibility index (Phi) is 3.53. The molecule has 1 aromatic carbocycles. The zero-order valence-corrected chi connectivity index (χ0v) is 11.7. The van der Waals surface area contributed by atoms with Crippen molar-refractivity contribution in [3.05, 3.63) is 53.2 Å². The van der Waals surface area contributed by atoms with Crippen molar-refractivity contribution in [3.63, 3.8) is 0 Å². The van der Waals surface area contributed by atoms with Crippen LogP contribution in [0.15, 0.2) is 42.0 Å². The maximum Gasteiger partial charge on any atom is 0.416 e. The van der Waals surface area contributed by atoms with Crippen LogP contribution in [0, 0.1) is 0 Å². The van der Waals surface area contributed by atoms with E-state index in [1.807, 2.05) is 0 Å². The van der Waals surface area contributed by atoms with Crippen molar-refractivity contribution >= 4 is 17.6 Å². The molecule has 0 saturated heterocycles. The van der Waals surface area contributed by atoms with Gasteiger partial charge in [0.2, 0.25) is 5.13 Å². The lowest BCUT2D eigenvalue weighted by molar-refractivity contribution is -0.137. The molecule has 0 radical (unpaired) electrons. The molecule has 2 aromatic heterocycles. The third kappa shape index (κ3) is 2.77. The summed E-state index contributed by atoms with van der Waals surface area (Å²) in [6.07, 6.45) is -0.847. The van der Waals surface area contributed by atoms with E-state index in [0.717, 1.165) is 12.1 Å². The first-order chi connectivity index (χ1) is 10.5. The number of alkyl halides is 3. The second-order valence-electron chi connectivity index (χ2n) is 4.43. The third-order valence-corrected chi connectivity index (χ3v) is 3.74. The standard InChI is InChI=1S/C14H8F3N3OS/c15-14(16,17)11-3-1-2-10(4-11)12-8-22-13(19-12)20-6-9(7-21)5-18-20/h1-8H. The average Bonchev–Trinajstić information content (AvgIpc) is 3.15. The summed E-state index contributed by atoms with van der Waals surface area (Å²) in [6.45, 7) is 0. The lowest BCUT2D eigenvalue weighted by atomic mass is 10.1. The number of aromatic nitrogens is 3. The number of halogens is 3. The Morgan fingerprint density at radius 3 is 2.77 bits per heavy atom. The quantitative estimate of drug-likeness (QED) is 0.688. The van der Waals surface area contributed by atoms with Crippen LogP contribution >= 0.6 is 11.3 Å². The Balaban J connectivity index is 1.95. The second kappa shape index (κ2) is 5.38. The van der Waals surface area contributed by atoms with E-state index < -0.39 is 11.7 Å². The maximum atomic E-state index is 12.7. The summed E-state index contributed by atoms with van der Waals surface area (Å²) < 4.78 is 39.6. The number of nitrogens with zero attached hydrogens (tertiary/aromatic N) is 3. The molecule has 0 fully saturated rings. The predicted molar refractivity (Wildman–Crippen MR) is 75.1 cm³/mol. The highest BCUT2D eigenvalue weighted by molar-refractivity contribution is 7.12. The van der Waals surface area contributed by atoms with E-state index in [1.165, 1.54) is 34.5 Å². The van der Waals surface area contributed by atoms with Crippen LogP contribution in [0.3, 0.4) is 0 Å². The Labute approximate surface area is 126 Å². The van der Waals surface area contributed by atoms with Crippen molar-refractivity contribution in [1.82, 2.24) is 14.8 Å². The average molecular weight is 323 g/mol. The fourth-order valence-electron chi connectivity index (χ4n) is 1.86. The van der Waals surface area contributed by atoms with Crippen LogP contribution in [0.2, 0.25) is 0 Å². The van der Waals surface area contributed by atoms with Gasteiger partial charge < -0.3 is 0 Å². The summed E-state index contributed by atoms with van der Waals surface area (Å²) in [5.41, 5.74) is 0.479. The SMILES string of the molecule is O=Cc1cnn(-c2nc(-c3cccc(C(F)(F)F)c3)cs2)c1. The van der Waals surface area contributed by atoms with Crippen molar-refractivity contribution in [2.45, 2.75) is 6.18 Å². The van der Waals surface area contributed by atoms with E-state index in [2.05, 4.69) is 10.1 Å². The first-order valence-electron chi connectivity index (χ1n) is 6.11. The largest absolute Gasteiger partial charge is 0.416 e. The normalized spacial score (nSPS) is 11.6. The van der Waals surface area contributed by atoms with Crippen LogP contribution in [-0.4, -0.2) is 21.1 Å². The molecule has 0 bridgehead atoms. The first-order valence-corrected chi connectivity index (χ1v) is 6.99. The highest BCUT2D eigenvalue weighted by atomic mass is 32.1. The molecule has 3 rings (SSSR count). The Bertz CT molecular complexity index is 823. The van der Waals surface area contributed by atoms with E-state index >= 15 is 0 Å². The summed E-state index contributed by atoms with van der Waals surface area (Å²) in [5, 5.41) is 6.09. The van der Waals surface area contributed by atoms with Gasteiger partial charge in [-0.15, -0.1) is 11.3 Å². The number of hydrogen-bond donors (Lipinski definition) is 0. The molecule has 3 aromatic rings. The van der Waals surface area contributed by atoms with Gasteiger partial charge in [0, 0.05) is 17.1 Å². The number of hydrogen-bond acceptors (Lipinski definition) is 4. The number of rotatable bonds is 3. The lowest BCUT2D eigenvalue weighted by Gasteiger charge is -2.07. The molecule has 0 saturated carbocycles. The van der Waals surface area contributed by atoms with E-state index in [1.54, 1.807) is 11.4 Å². The van der Waals surface area contributed by atoms with Crippen molar-refractivity contribution in [3.8, 4) is 16.4 Å². The zero-order valence-electron chi connectivity index (χ0n) is 10.9. The van der Waals surface area contributed by atoms with Gasteiger partial charge in [-0.25, -0.2) is 9.67 Å². The molecule has 0 atom stereocenters. The molecule has 0 aliphatic rings. The van der Waals surface area contributed by atoms with Gasteiger partial charge >= 0.3 is 6.18 Å². The van der Waals surface area contributed by atoms with Crippen LogP contribution in [0.4, 0.5) is 13.2 Å². The molecule has 2 heterocycles. The number of carbonyl (C=O) groups excluding carboxylic acids is 1. The highest BCUT2D eigenvalue weighted by Crippen LogP contribution is 2.32. The number of carbonyl (C=O) groups is 1. The van der Waals surface area contributed by atoms with Gasteiger partial charge in [0.05, 0.1) is 23.0 Å². The Morgan fingerprint density at radius 2 is 2.09 bits per heavy atom. The minimum atomic E-state index is -4.39. The minimum Gasteiger partial charge on any atom is -0.298 e. The van der Waals surface area contributed by atoms with Gasteiger partial charge in [-0.2, -0.15) is 18.3 Å². The molecule has 8 heteroatoms. The van der Waals surface area contributed by atoms with Crippen molar-refractivity contribution in [2.24, 2.45) is 0 Å². The zero-order chi connectivity index (χ0) is 15.7. The summed E-state index contributed by atoms with van der Waals surface area (Å²) in [5.74, 6) is 0. The molecule has 0 aliphatic heterocycles. The molecular formula is C14H8F3N3OS. The van der Waals surface area contributed by atoms with E-state index in [-0.39, 0.29) is 0 Å². The molecule has 112 valence electrons. The maximum absolute atomic E-state index is 12.7. The number of aldehydes is 1. The van der Waals surface area contributed by atoms with Crippen LogP contribution in [0.5, 0.6) is 0 Å². The molecule has 4 nitrogen and oxygen atoms in total. The second-order valence-corrected chi connectivity index (χ2v) is 5.27. The van der Waals surface area contributed by atoms with Crippen molar-refractivity contribution in [2.75, 3.05) is 0 Å². The topological polar surface area (TPSA) is 47.8 Å². The smallest absolute Gasteiger partial charge is 0.298 e. The third-order valence-electron chi connectivity index (χ3n) is 2.91. The van der Waals surface area contributed by atoms with Gasteiger partial charge in [-0.3, -0.25) is 4.79 Å². The van der Waals surface area contributed by atoms with Crippen LogP contribution in [-0.2, 0) is 6.18 Å². The molecule has 0 unspecified atom stereocenters. The van der Waals surface area contributed by atoms with Crippen molar-refractivity contribution < 1.29 is 18.0 Å². The lowest BCUT2D eigenvalue weighted by Crippen LogP contribution is -2.04. The van der Waals surface area contributed by atoms with Crippen LogP contribution in [0.1, 0.15) is 15.9 Å². The van der Waals surface area contributed by atoms with E-state index in [0.29, 0.717) is 28.2 Å². The van der Waals surface area contributed by atoms with Crippen LogP contribution in [0.25, 0.3) is 16.4 Å². The fraction of sp³-hybridized carbons (Fsp3) is 0.0714. The Morgan fingerprint density at radius 1 is 1.27 bits per heavy atom. The molecule has 0 amide bonds. The summed E-state index contributed by atoms with van der Waals surface area (Å²) in [4.78, 5) is 14.9. The number of thiazole rings is 1. The molecule has 0 aliphatic carbocycles. The van der Waals surface area contributed by atoms with Gasteiger partial charge in [-0.1, -0.05) is 12.1 Å². The van der Waals surface area contributed by atoms with Crippen molar-refractivity contribution in [1.29, 1.82) is 0 Å². The summed E-state index contributed by atoms with van der Waals surface area (Å²) >= 11 is 1.23. The molecule has 0 spiro atoms. The number of benzene rings is 1. The molecule has 0 N–H and O–H groups in total. The Hall–Kier alpha value is -2.48. The van der Waals surface area contributed by atoms with Gasteiger partial charge in [0.25, 0.3) is 0 Å². The molecular weight excluding hydrogens is 315 g/mol. The summed E-state index contributed by atoms with van der Waals surface area (Å²) in [6, 6.07) is 4.98. The monoisotopic (exact) mass is 323 g/mol. The van der Waals surface area contributed by atoms with E-state index in [9.17, 15) is 18.0 Å². The highest BCUT2D eigenvalue weighted by Gasteiger charge is 2.30. The van der Waals surface area contributed by atoms with Crippen LogP contribution < -0.4 is 0 Å². The van der Waals surface area contributed by atoms with Gasteiger partial charge in [0.15, 0.2) is 6.29 Å². The van der Waals surface area contributed by atoms with Gasteiger partial charge in [0.1, 0.15) is 0 Å². The fourth-order valence-corrected chi connectivity index (χ4v) is 2.62. The minimum absolute atomic E-state index is 0.375. The van der Waals surface area contributed by atoms with Gasteiger partial charge in [-0.05, 0) is 12.1 Å². The first kappa shape index (κ1) is 14.5. The molecule has 22 heavy (non-hydrogen) atoms. The predicted octanol–water partition coefficient (Wildman–Crippen LogP) is 3.83.